The molecule has 1 N–H and O–H groups in total. The number of nitrogens with zero attached hydrogens (tertiary/aromatic N) is 2. The lowest BCUT2D eigenvalue weighted by Gasteiger charge is -2.20. The first-order valence-electron chi connectivity index (χ1n) is 10.3. The molecule has 0 fully saturated rings. The van der Waals surface area contributed by atoms with Gasteiger partial charge in [-0.2, -0.15) is 0 Å². The highest BCUT2D eigenvalue weighted by atomic mass is 79.9. The SMILES string of the molecule is CC(C)(C)OC(=O)Cc1ccccc1NC(=O)c1ncc(Br)n1COCC[Si](C)(C)C. The van der Waals surface area contributed by atoms with Gasteiger partial charge < -0.3 is 14.8 Å². The van der Waals surface area contributed by atoms with Crippen LogP contribution in [0.3, 0.4) is 0 Å². The number of esters is 1. The molecule has 0 saturated heterocycles. The number of anilines is 1. The summed E-state index contributed by atoms with van der Waals surface area (Å²) in [5.41, 5.74) is 0.652. The van der Waals surface area contributed by atoms with E-state index in [2.05, 4.69) is 45.9 Å². The second kappa shape index (κ2) is 10.6. The third kappa shape index (κ3) is 8.58. The van der Waals surface area contributed by atoms with E-state index < -0.39 is 13.7 Å². The highest BCUT2D eigenvalue weighted by Gasteiger charge is 2.21. The number of ether oxygens (including phenoxy) is 2. The summed E-state index contributed by atoms with van der Waals surface area (Å²) in [6, 6.07) is 8.21. The van der Waals surface area contributed by atoms with Gasteiger partial charge in [0.25, 0.3) is 5.91 Å². The van der Waals surface area contributed by atoms with Gasteiger partial charge in [-0.15, -0.1) is 0 Å². The molecule has 0 aliphatic rings. The van der Waals surface area contributed by atoms with Crippen LogP contribution in [-0.4, -0.2) is 41.7 Å². The van der Waals surface area contributed by atoms with Crippen molar-refractivity contribution in [2.24, 2.45) is 0 Å². The molecule has 31 heavy (non-hydrogen) atoms. The summed E-state index contributed by atoms with van der Waals surface area (Å²) in [5.74, 6) is -0.502. The number of amides is 1. The Labute approximate surface area is 193 Å². The number of halogens is 1. The first-order chi connectivity index (χ1) is 14.4. The molecule has 0 unspecified atom stereocenters. The van der Waals surface area contributed by atoms with Crippen LogP contribution in [0.25, 0.3) is 0 Å². The number of rotatable bonds is 9. The molecular weight excluding hydrogens is 478 g/mol. The highest BCUT2D eigenvalue weighted by Crippen LogP contribution is 2.20. The lowest BCUT2D eigenvalue weighted by Crippen LogP contribution is -2.25. The van der Waals surface area contributed by atoms with Gasteiger partial charge in [-0.05, 0) is 54.4 Å². The standard InChI is InChI=1S/C22H32BrN3O4Si/c1-22(2,3)30-19(27)13-16-9-7-8-10-17(16)25-21(28)20-24-14-18(23)26(20)15-29-11-12-31(4,5)6/h7-10,14H,11-13,15H2,1-6H3,(H,25,28). The highest BCUT2D eigenvalue weighted by molar-refractivity contribution is 9.10. The van der Waals surface area contributed by atoms with Gasteiger partial charge in [0.1, 0.15) is 16.9 Å². The number of aromatic nitrogens is 2. The van der Waals surface area contributed by atoms with Gasteiger partial charge in [0.05, 0.1) is 12.6 Å². The monoisotopic (exact) mass is 509 g/mol. The van der Waals surface area contributed by atoms with Gasteiger partial charge in [-0.1, -0.05) is 37.8 Å². The van der Waals surface area contributed by atoms with Crippen LogP contribution in [0.4, 0.5) is 5.69 Å². The number of hydrogen-bond donors (Lipinski definition) is 1. The average molecular weight is 511 g/mol. The molecule has 1 aromatic heterocycles. The number of imidazole rings is 1. The minimum absolute atomic E-state index is 0.0612. The minimum atomic E-state index is -1.19. The molecule has 2 rings (SSSR count). The quantitative estimate of drug-likeness (QED) is 0.289. The van der Waals surface area contributed by atoms with Crippen LogP contribution in [0.5, 0.6) is 0 Å². The molecule has 2 aromatic rings. The van der Waals surface area contributed by atoms with E-state index in [1.807, 2.05) is 26.8 Å². The summed E-state index contributed by atoms with van der Waals surface area (Å²) >= 11 is 3.43. The number of benzene rings is 1. The van der Waals surface area contributed by atoms with E-state index in [0.717, 1.165) is 6.04 Å². The molecule has 1 heterocycles. The fraction of sp³-hybridized carbons (Fsp3) is 0.500. The normalized spacial score (nSPS) is 12.0. The van der Waals surface area contributed by atoms with E-state index in [1.54, 1.807) is 29.0 Å². The van der Waals surface area contributed by atoms with Crippen molar-refractivity contribution in [1.82, 2.24) is 9.55 Å². The molecule has 0 saturated carbocycles. The Balaban J connectivity index is 2.08. The molecule has 1 aromatic carbocycles. The van der Waals surface area contributed by atoms with Crippen LogP contribution in [0.1, 0.15) is 37.0 Å². The third-order valence-corrected chi connectivity index (χ3v) is 6.58. The lowest BCUT2D eigenvalue weighted by molar-refractivity contribution is -0.153. The van der Waals surface area contributed by atoms with Crippen LogP contribution < -0.4 is 5.32 Å². The largest absolute Gasteiger partial charge is 0.460 e. The zero-order chi connectivity index (χ0) is 23.2. The van der Waals surface area contributed by atoms with E-state index >= 15 is 0 Å². The summed E-state index contributed by atoms with van der Waals surface area (Å²) in [7, 11) is -1.19. The average Bonchev–Trinajstić information content (AvgIpc) is 2.99. The van der Waals surface area contributed by atoms with Gasteiger partial charge >= 0.3 is 5.97 Å². The Morgan fingerprint density at radius 3 is 2.52 bits per heavy atom. The van der Waals surface area contributed by atoms with Crippen LogP contribution >= 0.6 is 15.9 Å². The lowest BCUT2D eigenvalue weighted by atomic mass is 10.1. The van der Waals surface area contributed by atoms with Gasteiger partial charge in [0, 0.05) is 20.4 Å². The summed E-state index contributed by atoms with van der Waals surface area (Å²) in [6.45, 7) is 13.2. The van der Waals surface area contributed by atoms with Crippen molar-refractivity contribution in [3.8, 4) is 0 Å². The molecule has 0 aliphatic carbocycles. The van der Waals surface area contributed by atoms with Crippen molar-refractivity contribution in [2.75, 3.05) is 11.9 Å². The van der Waals surface area contributed by atoms with Gasteiger partial charge in [0.2, 0.25) is 5.82 Å². The van der Waals surface area contributed by atoms with E-state index in [9.17, 15) is 9.59 Å². The molecule has 1 amide bonds. The van der Waals surface area contributed by atoms with Crippen molar-refractivity contribution in [3.63, 3.8) is 0 Å². The molecule has 170 valence electrons. The van der Waals surface area contributed by atoms with Crippen LogP contribution in [0, 0.1) is 0 Å². The summed E-state index contributed by atoms with van der Waals surface area (Å²) in [6.07, 6.45) is 1.63. The van der Waals surface area contributed by atoms with Crippen molar-refractivity contribution in [2.45, 2.75) is 65.2 Å². The Hall–Kier alpha value is -1.97. The number of carbonyl (C=O) groups is 2. The Morgan fingerprint density at radius 1 is 1.19 bits per heavy atom. The van der Waals surface area contributed by atoms with Crippen molar-refractivity contribution < 1.29 is 19.1 Å². The van der Waals surface area contributed by atoms with Gasteiger partial charge in [0.15, 0.2) is 0 Å². The van der Waals surface area contributed by atoms with Crippen molar-refractivity contribution in [1.29, 1.82) is 0 Å². The number of carbonyl (C=O) groups excluding carboxylic acids is 2. The Bertz CT molecular complexity index is 916. The predicted octanol–water partition coefficient (Wildman–Crippen LogP) is 5.09. The first-order valence-corrected chi connectivity index (χ1v) is 14.8. The molecule has 0 bridgehead atoms. The molecule has 9 heteroatoms. The van der Waals surface area contributed by atoms with Crippen molar-refractivity contribution in [3.05, 3.63) is 46.5 Å². The van der Waals surface area contributed by atoms with E-state index in [-0.39, 0.29) is 30.9 Å². The number of nitrogens with one attached hydrogen (secondary N) is 1. The van der Waals surface area contributed by atoms with E-state index in [1.165, 1.54) is 0 Å². The fourth-order valence-corrected chi connectivity index (χ4v) is 3.83. The maximum atomic E-state index is 12.9. The van der Waals surface area contributed by atoms with Crippen LogP contribution in [0.15, 0.2) is 35.1 Å². The third-order valence-electron chi connectivity index (χ3n) is 4.25. The smallest absolute Gasteiger partial charge is 0.310 e. The van der Waals surface area contributed by atoms with Crippen LogP contribution in [-0.2, 0) is 27.4 Å². The molecule has 0 atom stereocenters. The maximum Gasteiger partial charge on any atom is 0.310 e. The predicted molar refractivity (Wildman–Crippen MR) is 128 cm³/mol. The topological polar surface area (TPSA) is 82.5 Å². The molecule has 0 radical (unpaired) electrons. The van der Waals surface area contributed by atoms with Gasteiger partial charge in [-0.25, -0.2) is 4.98 Å². The fourth-order valence-electron chi connectivity index (χ4n) is 2.70. The second-order valence-electron chi connectivity index (χ2n) is 9.56. The molecule has 7 nitrogen and oxygen atoms in total. The Morgan fingerprint density at radius 2 is 1.87 bits per heavy atom. The number of para-hydroxylation sites is 1. The van der Waals surface area contributed by atoms with Crippen LogP contribution in [0.2, 0.25) is 25.7 Å². The van der Waals surface area contributed by atoms with E-state index in [4.69, 9.17) is 9.47 Å². The molecular formula is C22H32BrN3O4Si. The molecule has 0 spiro atoms. The Kier molecular flexibility index (Phi) is 8.62. The second-order valence-corrected chi connectivity index (χ2v) is 16.0. The zero-order valence-electron chi connectivity index (χ0n) is 19.1. The summed E-state index contributed by atoms with van der Waals surface area (Å²) < 4.78 is 13.5. The summed E-state index contributed by atoms with van der Waals surface area (Å²) in [5, 5.41) is 2.86. The number of hydrogen-bond acceptors (Lipinski definition) is 5. The van der Waals surface area contributed by atoms with E-state index in [0.29, 0.717) is 22.5 Å². The molecule has 0 aliphatic heterocycles. The minimum Gasteiger partial charge on any atom is -0.460 e. The van der Waals surface area contributed by atoms with Crippen molar-refractivity contribution >= 4 is 41.6 Å². The van der Waals surface area contributed by atoms with Gasteiger partial charge in [-0.3, -0.25) is 14.2 Å². The zero-order valence-corrected chi connectivity index (χ0v) is 21.7. The first kappa shape index (κ1) is 25.3. The summed E-state index contributed by atoms with van der Waals surface area (Å²) in [4.78, 5) is 29.4. The maximum absolute atomic E-state index is 12.9.